The summed E-state index contributed by atoms with van der Waals surface area (Å²) in [5, 5.41) is 48.2. The molecule has 0 radical (unpaired) electrons. The van der Waals surface area contributed by atoms with Gasteiger partial charge in [0.2, 0.25) is 5.75 Å². The number of rotatable bonds is 6. The van der Waals surface area contributed by atoms with Gasteiger partial charge < -0.3 is 25.5 Å². The molecule has 0 amide bonds. The highest BCUT2D eigenvalue weighted by Crippen LogP contribution is 2.42. The van der Waals surface area contributed by atoms with Crippen LogP contribution in [0.2, 0.25) is 0 Å². The molecule has 0 aliphatic heterocycles. The van der Waals surface area contributed by atoms with Crippen molar-refractivity contribution in [3.63, 3.8) is 0 Å². The van der Waals surface area contributed by atoms with Crippen LogP contribution in [0.1, 0.15) is 55.6 Å². The number of hydrogen-bond acceptors (Lipinski definition) is 5. The standard InChI is InChI=1S/C17H22O6/c1-9(2)5-4-6-10(3)7-12(18)14-11(17(22)23)8-13(19)15(20)16(14)21/h5,7-8,12,18-21H,4,6H2,1-3H3,(H,22,23)/b10-7+. The quantitative estimate of drug-likeness (QED) is 0.405. The van der Waals surface area contributed by atoms with E-state index in [1.807, 2.05) is 19.9 Å². The van der Waals surface area contributed by atoms with Crippen LogP contribution >= 0.6 is 0 Å². The Balaban J connectivity index is 3.17. The van der Waals surface area contributed by atoms with Gasteiger partial charge in [0, 0.05) is 5.56 Å². The SMILES string of the molecule is CC(C)=CCC/C(C)=C/C(O)c1c(C(=O)O)cc(O)c(O)c1O. The summed E-state index contributed by atoms with van der Waals surface area (Å²) in [6.45, 7) is 5.73. The minimum atomic E-state index is -1.43. The van der Waals surface area contributed by atoms with Crippen molar-refractivity contribution in [3.8, 4) is 17.2 Å². The third kappa shape index (κ3) is 4.75. The Kier molecular flexibility index (Phi) is 6.21. The topological polar surface area (TPSA) is 118 Å². The summed E-state index contributed by atoms with van der Waals surface area (Å²) in [5.41, 5.74) is 1.15. The molecule has 23 heavy (non-hydrogen) atoms. The highest BCUT2D eigenvalue weighted by molar-refractivity contribution is 5.92. The zero-order chi connectivity index (χ0) is 17.7. The first kappa shape index (κ1) is 18.6. The van der Waals surface area contributed by atoms with Crippen molar-refractivity contribution in [2.45, 2.75) is 39.7 Å². The van der Waals surface area contributed by atoms with Crippen molar-refractivity contribution in [1.29, 1.82) is 0 Å². The number of hydrogen-bond donors (Lipinski definition) is 5. The van der Waals surface area contributed by atoms with E-state index in [-0.39, 0.29) is 5.56 Å². The van der Waals surface area contributed by atoms with Gasteiger partial charge in [-0.15, -0.1) is 0 Å². The van der Waals surface area contributed by atoms with Gasteiger partial charge in [-0.2, -0.15) is 0 Å². The lowest BCUT2D eigenvalue weighted by Gasteiger charge is -2.15. The van der Waals surface area contributed by atoms with Crippen LogP contribution in [0.5, 0.6) is 17.2 Å². The number of carboxylic acid groups (broad SMARTS) is 1. The number of phenolic OH excluding ortho intramolecular Hbond substituents is 3. The summed E-state index contributed by atoms with van der Waals surface area (Å²) in [5.74, 6) is -3.90. The molecule has 0 fully saturated rings. The number of benzene rings is 1. The maximum absolute atomic E-state index is 11.2. The van der Waals surface area contributed by atoms with Crippen LogP contribution < -0.4 is 0 Å². The van der Waals surface area contributed by atoms with E-state index in [4.69, 9.17) is 5.11 Å². The van der Waals surface area contributed by atoms with Crippen LogP contribution in [0.25, 0.3) is 0 Å². The van der Waals surface area contributed by atoms with Gasteiger partial charge in [-0.05, 0) is 39.7 Å². The lowest BCUT2D eigenvalue weighted by atomic mass is 9.97. The van der Waals surface area contributed by atoms with Crippen molar-refractivity contribution in [2.75, 3.05) is 0 Å². The monoisotopic (exact) mass is 322 g/mol. The number of carbonyl (C=O) groups is 1. The van der Waals surface area contributed by atoms with Crippen LogP contribution in [0, 0.1) is 0 Å². The molecule has 6 heteroatoms. The molecule has 1 atom stereocenters. The van der Waals surface area contributed by atoms with E-state index in [9.17, 15) is 25.2 Å². The fraction of sp³-hybridized carbons (Fsp3) is 0.353. The van der Waals surface area contributed by atoms with Gasteiger partial charge in [-0.25, -0.2) is 4.79 Å². The van der Waals surface area contributed by atoms with Crippen LogP contribution in [0.4, 0.5) is 0 Å². The highest BCUT2D eigenvalue weighted by Gasteiger charge is 2.25. The molecule has 0 saturated heterocycles. The van der Waals surface area contributed by atoms with Crippen LogP contribution in [-0.4, -0.2) is 31.5 Å². The smallest absolute Gasteiger partial charge is 0.336 e. The molecule has 126 valence electrons. The van der Waals surface area contributed by atoms with E-state index in [1.165, 1.54) is 11.6 Å². The first-order valence-electron chi connectivity index (χ1n) is 7.15. The molecule has 0 aliphatic rings. The summed E-state index contributed by atoms with van der Waals surface area (Å²) < 4.78 is 0. The summed E-state index contributed by atoms with van der Waals surface area (Å²) in [6.07, 6.45) is 3.47. The average molecular weight is 322 g/mol. The number of carboxylic acids is 1. The van der Waals surface area contributed by atoms with Crippen LogP contribution in [0.15, 0.2) is 29.4 Å². The van der Waals surface area contributed by atoms with Crippen molar-refractivity contribution >= 4 is 5.97 Å². The number of phenols is 3. The second-order valence-electron chi connectivity index (χ2n) is 5.64. The van der Waals surface area contributed by atoms with Crippen molar-refractivity contribution < 1.29 is 30.3 Å². The number of allylic oxidation sites excluding steroid dienone is 3. The van der Waals surface area contributed by atoms with E-state index < -0.39 is 34.9 Å². The Morgan fingerprint density at radius 1 is 1.17 bits per heavy atom. The summed E-state index contributed by atoms with van der Waals surface area (Å²) in [6, 6.07) is 0.794. The fourth-order valence-corrected chi connectivity index (χ4v) is 2.16. The molecule has 6 nitrogen and oxygen atoms in total. The Bertz CT molecular complexity index is 654. The van der Waals surface area contributed by atoms with Gasteiger partial charge in [0.05, 0.1) is 5.56 Å². The van der Waals surface area contributed by atoms with E-state index in [2.05, 4.69) is 0 Å². The molecule has 0 heterocycles. The zero-order valence-corrected chi connectivity index (χ0v) is 13.4. The fourth-order valence-electron chi connectivity index (χ4n) is 2.16. The Morgan fingerprint density at radius 2 is 1.78 bits per heavy atom. The third-order valence-corrected chi connectivity index (χ3v) is 3.35. The van der Waals surface area contributed by atoms with Crippen LogP contribution in [0.3, 0.4) is 0 Å². The molecule has 1 unspecified atom stereocenters. The molecular formula is C17H22O6. The average Bonchev–Trinajstić information content (AvgIpc) is 2.43. The minimum absolute atomic E-state index is 0.352. The highest BCUT2D eigenvalue weighted by atomic mass is 16.4. The third-order valence-electron chi connectivity index (χ3n) is 3.35. The first-order chi connectivity index (χ1) is 10.6. The first-order valence-corrected chi connectivity index (χ1v) is 7.15. The molecule has 0 spiro atoms. The van der Waals surface area contributed by atoms with Crippen molar-refractivity contribution in [3.05, 3.63) is 40.5 Å². The molecule has 0 bridgehead atoms. The lowest BCUT2D eigenvalue weighted by molar-refractivity contribution is 0.0690. The van der Waals surface area contributed by atoms with Gasteiger partial charge in [0.15, 0.2) is 11.5 Å². The number of aliphatic hydroxyl groups is 1. The van der Waals surface area contributed by atoms with E-state index in [0.717, 1.165) is 18.1 Å². The van der Waals surface area contributed by atoms with Crippen LogP contribution in [-0.2, 0) is 0 Å². The molecule has 0 saturated carbocycles. The predicted molar refractivity (Wildman–Crippen MR) is 85.8 cm³/mol. The van der Waals surface area contributed by atoms with Gasteiger partial charge in [0.25, 0.3) is 0 Å². The molecular weight excluding hydrogens is 300 g/mol. The Hall–Kier alpha value is -2.47. The van der Waals surface area contributed by atoms with E-state index in [1.54, 1.807) is 6.92 Å². The molecule has 1 aromatic carbocycles. The van der Waals surface area contributed by atoms with Gasteiger partial charge in [-0.3, -0.25) is 0 Å². The largest absolute Gasteiger partial charge is 0.504 e. The summed E-state index contributed by atoms with van der Waals surface area (Å²) >= 11 is 0. The summed E-state index contributed by atoms with van der Waals surface area (Å²) in [4.78, 5) is 11.2. The maximum atomic E-state index is 11.2. The van der Waals surface area contributed by atoms with Crippen molar-refractivity contribution in [1.82, 2.24) is 0 Å². The molecule has 1 rings (SSSR count). The second-order valence-corrected chi connectivity index (χ2v) is 5.64. The Morgan fingerprint density at radius 3 is 2.30 bits per heavy atom. The van der Waals surface area contributed by atoms with Gasteiger partial charge in [0.1, 0.15) is 6.10 Å². The van der Waals surface area contributed by atoms with Gasteiger partial charge >= 0.3 is 5.97 Å². The van der Waals surface area contributed by atoms with Gasteiger partial charge in [-0.1, -0.05) is 23.3 Å². The predicted octanol–water partition coefficient (Wildman–Crippen LogP) is 3.23. The Labute approximate surface area is 134 Å². The normalized spacial score (nSPS) is 12.8. The minimum Gasteiger partial charge on any atom is -0.504 e. The molecule has 1 aromatic rings. The van der Waals surface area contributed by atoms with E-state index in [0.29, 0.717) is 6.42 Å². The number of aromatic carboxylic acids is 1. The number of aliphatic hydroxyl groups excluding tert-OH is 1. The molecule has 0 aromatic heterocycles. The second kappa shape index (κ2) is 7.69. The maximum Gasteiger partial charge on any atom is 0.336 e. The lowest BCUT2D eigenvalue weighted by Crippen LogP contribution is -2.07. The molecule has 0 aliphatic carbocycles. The number of aromatic hydroxyl groups is 3. The van der Waals surface area contributed by atoms with E-state index >= 15 is 0 Å². The van der Waals surface area contributed by atoms with Crippen molar-refractivity contribution in [2.24, 2.45) is 0 Å². The summed E-state index contributed by atoms with van der Waals surface area (Å²) in [7, 11) is 0. The molecule has 5 N–H and O–H groups in total. The zero-order valence-electron chi connectivity index (χ0n) is 13.4.